The summed E-state index contributed by atoms with van der Waals surface area (Å²) in [5.41, 5.74) is 0. The monoisotopic (exact) mass is 586 g/mol. The van der Waals surface area contributed by atoms with Crippen LogP contribution in [0.1, 0.15) is 6.92 Å². The molecule has 0 amide bonds. The molecule has 0 heterocycles. The second-order valence-corrected chi connectivity index (χ2v) is 6.78. The molecule has 2 nitrogen and oxygen atoms in total. The minimum absolute atomic E-state index is 1.20. The molecule has 0 rings (SSSR count). The second-order valence-electron chi connectivity index (χ2n) is 6.78. The van der Waals surface area contributed by atoms with Crippen molar-refractivity contribution in [3.63, 3.8) is 0 Å². The van der Waals surface area contributed by atoms with E-state index in [1.165, 1.54) is 0 Å². The molecule has 0 saturated heterocycles. The van der Waals surface area contributed by atoms with Crippen LogP contribution in [0.5, 0.6) is 0 Å². The van der Waals surface area contributed by atoms with Crippen LogP contribution in [0.3, 0.4) is 0 Å². The summed E-state index contributed by atoms with van der Waals surface area (Å²) in [6.07, 6.45) is -3.08. The van der Waals surface area contributed by atoms with E-state index >= 15 is 0 Å². The van der Waals surface area contributed by atoms with E-state index in [9.17, 15) is 92.6 Å². The van der Waals surface area contributed by atoms with Crippen LogP contribution in [-0.4, -0.2) is 70.3 Å². The molecule has 0 aliphatic rings. The number of aliphatic carboxylic acids is 1. The third kappa shape index (κ3) is 4.20. The van der Waals surface area contributed by atoms with Gasteiger partial charge in [0, 0.05) is 13.0 Å². The largest absolute Gasteiger partial charge is 0.478 e. The standard InChI is InChI=1S/C14H6F20O2/c1-5(15,16)7(19,20)9(23,24)11(27,28)13(31,32)14(33,34)12(29,30)10(25,26)8(21,22)6(17,18)3-2-4(35)36/h2-3H,1H3,(H,35,36). The highest BCUT2D eigenvalue weighted by Gasteiger charge is 2.97. The number of rotatable bonds is 11. The lowest BCUT2D eigenvalue weighted by Gasteiger charge is -2.44. The van der Waals surface area contributed by atoms with E-state index in [0.717, 1.165) is 0 Å². The highest BCUT2D eigenvalue weighted by molar-refractivity contribution is 5.79. The highest BCUT2D eigenvalue weighted by Crippen LogP contribution is 2.66. The number of carbonyl (C=O) groups is 1. The van der Waals surface area contributed by atoms with Crippen molar-refractivity contribution >= 4 is 5.97 Å². The fourth-order valence-corrected chi connectivity index (χ4v) is 1.95. The SMILES string of the molecule is CC(F)(F)C(F)(F)C(F)(F)C(F)(F)C(F)(F)C(F)(F)C(F)(F)C(F)(F)C(F)(F)C(F)(F)C=CC(=O)O. The zero-order valence-corrected chi connectivity index (χ0v) is 16.1. The van der Waals surface area contributed by atoms with Crippen molar-refractivity contribution in [2.24, 2.45) is 0 Å². The summed E-state index contributed by atoms with van der Waals surface area (Å²) in [4.78, 5) is 9.98. The summed E-state index contributed by atoms with van der Waals surface area (Å²) in [5, 5.41) is 7.94. The maximum absolute atomic E-state index is 13.5. The van der Waals surface area contributed by atoms with Crippen LogP contribution in [0.15, 0.2) is 12.2 Å². The molecule has 0 atom stereocenters. The van der Waals surface area contributed by atoms with Gasteiger partial charge in [-0.2, -0.15) is 87.8 Å². The minimum Gasteiger partial charge on any atom is -0.478 e. The summed E-state index contributed by atoms with van der Waals surface area (Å²) in [5.74, 6) is -85.5. The van der Waals surface area contributed by atoms with Crippen LogP contribution in [0.2, 0.25) is 0 Å². The molecular weight excluding hydrogens is 580 g/mol. The number of carboxylic acids is 1. The first-order valence-electron chi connectivity index (χ1n) is 7.87. The van der Waals surface area contributed by atoms with Gasteiger partial charge in [-0.15, -0.1) is 0 Å². The van der Waals surface area contributed by atoms with E-state index in [4.69, 9.17) is 5.11 Å². The Kier molecular flexibility index (Phi) is 7.90. The van der Waals surface area contributed by atoms with Crippen LogP contribution in [-0.2, 0) is 4.79 Å². The maximum atomic E-state index is 13.5. The fraction of sp³-hybridized carbons (Fsp3) is 0.786. The summed E-state index contributed by atoms with van der Waals surface area (Å²) < 4.78 is 265. The normalized spacial score (nSPS) is 16.6. The van der Waals surface area contributed by atoms with Gasteiger partial charge in [0.05, 0.1) is 0 Å². The molecule has 0 bridgehead atoms. The van der Waals surface area contributed by atoms with Gasteiger partial charge >= 0.3 is 65.2 Å². The zero-order chi connectivity index (χ0) is 30.0. The Bertz CT molecular complexity index is 864. The molecule has 214 valence electrons. The van der Waals surface area contributed by atoms with Crippen molar-refractivity contribution in [3.05, 3.63) is 12.2 Å². The third-order valence-corrected chi connectivity index (χ3v) is 4.17. The summed E-state index contributed by atoms with van der Waals surface area (Å²) >= 11 is 0. The third-order valence-electron chi connectivity index (χ3n) is 4.17. The second kappa shape index (κ2) is 8.42. The Morgan fingerprint density at radius 1 is 0.472 bits per heavy atom. The van der Waals surface area contributed by atoms with Crippen molar-refractivity contribution in [3.8, 4) is 0 Å². The quantitative estimate of drug-likeness (QED) is 0.209. The van der Waals surface area contributed by atoms with E-state index < -0.39 is 84.3 Å². The van der Waals surface area contributed by atoms with E-state index in [0.29, 0.717) is 0 Å². The smallest absolute Gasteiger partial charge is 0.385 e. The first-order chi connectivity index (χ1) is 15.2. The molecule has 0 aromatic carbocycles. The molecular formula is C14H6F20O2. The number of hydrogen-bond donors (Lipinski definition) is 1. The van der Waals surface area contributed by atoms with Crippen LogP contribution >= 0.6 is 0 Å². The van der Waals surface area contributed by atoms with Crippen LogP contribution < -0.4 is 0 Å². The van der Waals surface area contributed by atoms with Gasteiger partial charge in [0.15, 0.2) is 0 Å². The van der Waals surface area contributed by atoms with Gasteiger partial charge in [-0.05, 0) is 6.08 Å². The lowest BCUT2D eigenvalue weighted by molar-refractivity contribution is -0.466. The van der Waals surface area contributed by atoms with E-state index in [-0.39, 0.29) is 0 Å². The Balaban J connectivity index is 7.08. The maximum Gasteiger partial charge on any atom is 0.385 e. The van der Waals surface area contributed by atoms with Crippen molar-refractivity contribution in [2.75, 3.05) is 0 Å². The first-order valence-corrected chi connectivity index (χ1v) is 7.87. The molecule has 0 aliphatic heterocycles. The van der Waals surface area contributed by atoms with Crippen LogP contribution in [0.4, 0.5) is 87.8 Å². The van der Waals surface area contributed by atoms with Gasteiger partial charge in [-0.25, -0.2) is 4.79 Å². The van der Waals surface area contributed by atoms with Gasteiger partial charge < -0.3 is 5.11 Å². The molecule has 0 aliphatic carbocycles. The predicted octanol–water partition coefficient (Wildman–Crippen LogP) is 7.00. The highest BCUT2D eigenvalue weighted by atomic mass is 19.4. The van der Waals surface area contributed by atoms with Crippen molar-refractivity contribution in [1.82, 2.24) is 0 Å². The van der Waals surface area contributed by atoms with E-state index in [1.54, 1.807) is 0 Å². The number of carboxylic acid groups (broad SMARTS) is 1. The van der Waals surface area contributed by atoms with Gasteiger partial charge in [0.25, 0.3) is 0 Å². The number of allylic oxidation sites excluding steroid dienone is 1. The molecule has 0 unspecified atom stereocenters. The van der Waals surface area contributed by atoms with Crippen molar-refractivity contribution < 1.29 is 97.7 Å². The number of halogens is 20. The Morgan fingerprint density at radius 2 is 0.694 bits per heavy atom. The van der Waals surface area contributed by atoms with Gasteiger partial charge in [-0.3, -0.25) is 0 Å². The van der Waals surface area contributed by atoms with Gasteiger partial charge in [0.2, 0.25) is 0 Å². The topological polar surface area (TPSA) is 37.3 Å². The molecule has 0 spiro atoms. The Hall–Kier alpha value is -2.19. The summed E-state index contributed by atoms with van der Waals surface area (Å²) in [7, 11) is 0. The van der Waals surface area contributed by atoms with Gasteiger partial charge in [-0.1, -0.05) is 0 Å². The molecule has 0 radical (unpaired) electrons. The van der Waals surface area contributed by atoms with Gasteiger partial charge in [0.1, 0.15) is 0 Å². The van der Waals surface area contributed by atoms with E-state index in [2.05, 4.69) is 0 Å². The first kappa shape index (κ1) is 33.8. The van der Waals surface area contributed by atoms with Crippen LogP contribution in [0.25, 0.3) is 0 Å². The average Bonchev–Trinajstić information content (AvgIpc) is 2.64. The Morgan fingerprint density at radius 3 is 0.917 bits per heavy atom. The molecule has 0 aromatic heterocycles. The van der Waals surface area contributed by atoms with E-state index in [1.807, 2.05) is 0 Å². The number of alkyl halides is 20. The Labute approximate surface area is 183 Å². The molecule has 0 fully saturated rings. The van der Waals surface area contributed by atoms with Crippen molar-refractivity contribution in [1.29, 1.82) is 0 Å². The zero-order valence-electron chi connectivity index (χ0n) is 16.1. The van der Waals surface area contributed by atoms with Crippen LogP contribution in [0, 0.1) is 0 Å². The lowest BCUT2D eigenvalue weighted by Crippen LogP contribution is -2.76. The fourth-order valence-electron chi connectivity index (χ4n) is 1.95. The summed E-state index contributed by atoms with van der Waals surface area (Å²) in [6.45, 7) is -1.40. The molecule has 22 heteroatoms. The molecule has 1 N–H and O–H groups in total. The minimum atomic E-state index is -9.11. The molecule has 0 saturated carbocycles. The lowest BCUT2D eigenvalue weighted by atomic mass is 9.85. The average molecular weight is 586 g/mol. The summed E-state index contributed by atoms with van der Waals surface area (Å²) in [6, 6.07) is 0. The molecule has 0 aromatic rings. The predicted molar refractivity (Wildman–Crippen MR) is 71.9 cm³/mol. The molecule has 36 heavy (non-hydrogen) atoms. The number of hydrogen-bond acceptors (Lipinski definition) is 1. The van der Waals surface area contributed by atoms with Crippen molar-refractivity contribution in [2.45, 2.75) is 66.1 Å².